The third-order valence-corrected chi connectivity index (χ3v) is 7.27. The zero-order chi connectivity index (χ0) is 25.2. The monoisotopic (exact) mass is 515 g/mol. The Morgan fingerprint density at radius 1 is 1.06 bits per heavy atom. The lowest BCUT2D eigenvalue weighted by Crippen LogP contribution is -2.31. The van der Waals surface area contributed by atoms with E-state index in [4.69, 9.17) is 21.7 Å². The van der Waals surface area contributed by atoms with Gasteiger partial charge < -0.3 is 10.6 Å². The highest BCUT2D eigenvalue weighted by atomic mass is 35.5. The lowest BCUT2D eigenvalue weighted by molar-refractivity contribution is -0.113. The zero-order valence-corrected chi connectivity index (χ0v) is 21.8. The molecule has 182 valence electrons. The number of aromatic nitrogens is 3. The molecule has 1 atom stereocenters. The Hall–Kier alpha value is -3.55. The van der Waals surface area contributed by atoms with Crippen LogP contribution >= 0.6 is 23.4 Å². The molecule has 0 aliphatic carbocycles. The number of rotatable bonds is 6. The van der Waals surface area contributed by atoms with E-state index in [1.165, 1.54) is 0 Å². The molecule has 0 saturated heterocycles. The molecule has 1 aromatic heterocycles. The van der Waals surface area contributed by atoms with Crippen molar-refractivity contribution in [3.8, 4) is 0 Å². The first kappa shape index (κ1) is 24.2. The summed E-state index contributed by atoms with van der Waals surface area (Å²) in [6.07, 6.45) is 0. The number of amides is 1. The van der Waals surface area contributed by atoms with Crippen molar-refractivity contribution < 1.29 is 4.79 Å². The highest BCUT2D eigenvalue weighted by molar-refractivity contribution is 7.98. The van der Waals surface area contributed by atoms with Crippen molar-refractivity contribution in [2.75, 3.05) is 10.6 Å². The molecule has 1 unspecified atom stereocenters. The number of allylic oxidation sites excluding steroid dienone is 1. The van der Waals surface area contributed by atoms with Crippen LogP contribution < -0.4 is 10.6 Å². The molecule has 5 rings (SSSR count). The van der Waals surface area contributed by atoms with Crippen LogP contribution in [0.1, 0.15) is 35.2 Å². The minimum atomic E-state index is -0.411. The number of halogens is 1. The molecule has 0 spiro atoms. The maximum atomic E-state index is 13.7. The minimum Gasteiger partial charge on any atom is -0.328 e. The molecule has 1 aliphatic rings. The highest BCUT2D eigenvalue weighted by Gasteiger charge is 2.34. The van der Waals surface area contributed by atoms with Crippen LogP contribution in [-0.4, -0.2) is 20.7 Å². The molecular weight excluding hydrogens is 490 g/mol. The Labute approximate surface area is 219 Å². The molecule has 0 fully saturated rings. The molecule has 2 N–H and O–H groups in total. The number of carbonyl (C=O) groups is 1. The van der Waals surface area contributed by atoms with Gasteiger partial charge >= 0.3 is 0 Å². The predicted molar refractivity (Wildman–Crippen MR) is 146 cm³/mol. The summed E-state index contributed by atoms with van der Waals surface area (Å²) in [5.41, 5.74) is 6.41. The van der Waals surface area contributed by atoms with Crippen LogP contribution in [0.15, 0.2) is 89.2 Å². The molecule has 2 heterocycles. The van der Waals surface area contributed by atoms with E-state index < -0.39 is 6.04 Å². The third-order valence-electron chi connectivity index (χ3n) is 6.10. The zero-order valence-electron chi connectivity index (χ0n) is 20.2. The van der Waals surface area contributed by atoms with Gasteiger partial charge in [0.1, 0.15) is 6.04 Å². The summed E-state index contributed by atoms with van der Waals surface area (Å²) >= 11 is 7.55. The first-order valence-electron chi connectivity index (χ1n) is 11.6. The smallest absolute Gasteiger partial charge is 0.255 e. The van der Waals surface area contributed by atoms with Gasteiger partial charge in [-0.1, -0.05) is 83.5 Å². The van der Waals surface area contributed by atoms with Crippen molar-refractivity contribution in [2.45, 2.75) is 37.7 Å². The van der Waals surface area contributed by atoms with E-state index >= 15 is 0 Å². The molecule has 0 radical (unpaired) electrons. The van der Waals surface area contributed by atoms with Gasteiger partial charge in [-0.3, -0.25) is 4.79 Å². The Kier molecular flexibility index (Phi) is 6.85. The van der Waals surface area contributed by atoms with Crippen LogP contribution in [0.2, 0.25) is 5.02 Å². The lowest BCUT2D eigenvalue weighted by atomic mass is 9.95. The second-order valence-corrected chi connectivity index (χ2v) is 10.2. The Morgan fingerprint density at radius 2 is 1.81 bits per heavy atom. The molecule has 1 amide bonds. The van der Waals surface area contributed by atoms with Gasteiger partial charge in [-0.2, -0.15) is 4.98 Å². The molecular formula is C28H26ClN5OS. The maximum Gasteiger partial charge on any atom is 0.255 e. The second-order valence-electron chi connectivity index (χ2n) is 8.83. The normalized spacial score (nSPS) is 14.8. The van der Waals surface area contributed by atoms with Gasteiger partial charge in [0, 0.05) is 22.2 Å². The quantitative estimate of drug-likeness (QED) is 0.277. The maximum absolute atomic E-state index is 13.7. The van der Waals surface area contributed by atoms with E-state index in [1.807, 2.05) is 92.2 Å². The number of anilines is 2. The summed E-state index contributed by atoms with van der Waals surface area (Å²) in [6.45, 7) is 5.94. The van der Waals surface area contributed by atoms with Gasteiger partial charge in [-0.15, -0.1) is 5.10 Å². The number of fused-ring (bicyclic) bond motifs is 1. The van der Waals surface area contributed by atoms with E-state index in [2.05, 4.69) is 16.7 Å². The molecule has 6 nitrogen and oxygen atoms in total. The first-order valence-corrected chi connectivity index (χ1v) is 13.0. The van der Waals surface area contributed by atoms with Crippen molar-refractivity contribution in [1.29, 1.82) is 0 Å². The van der Waals surface area contributed by atoms with E-state index in [-0.39, 0.29) is 5.91 Å². The Balaban J connectivity index is 1.47. The van der Waals surface area contributed by atoms with E-state index in [0.717, 1.165) is 33.6 Å². The fraction of sp³-hybridized carbons (Fsp3) is 0.179. The number of thioether (sulfide) groups is 1. The fourth-order valence-electron chi connectivity index (χ4n) is 4.30. The molecule has 0 bridgehead atoms. The molecule has 4 aromatic rings. The van der Waals surface area contributed by atoms with Gasteiger partial charge in [-0.05, 0) is 55.7 Å². The van der Waals surface area contributed by atoms with Crippen LogP contribution in [0.3, 0.4) is 0 Å². The Morgan fingerprint density at radius 3 is 2.53 bits per heavy atom. The van der Waals surface area contributed by atoms with Crippen molar-refractivity contribution in [2.24, 2.45) is 0 Å². The van der Waals surface area contributed by atoms with Crippen LogP contribution in [0.25, 0.3) is 0 Å². The number of hydrogen-bond acceptors (Lipinski definition) is 5. The summed E-state index contributed by atoms with van der Waals surface area (Å²) < 4.78 is 1.81. The number of carbonyl (C=O) groups excluding carboxylic acids is 1. The molecule has 36 heavy (non-hydrogen) atoms. The van der Waals surface area contributed by atoms with Crippen LogP contribution in [0.5, 0.6) is 0 Å². The lowest BCUT2D eigenvalue weighted by Gasteiger charge is -2.28. The van der Waals surface area contributed by atoms with Crippen molar-refractivity contribution in [3.05, 3.63) is 111 Å². The standard InChI is InChI=1S/C28H26ClN5OS/c1-17-9-14-23(18(2)15-17)31-26(35)24-19(3)30-27-32-28(36-16-20-10-12-22(29)13-11-20)33-34(27)25(24)21-7-5-4-6-8-21/h4-15,25H,16H2,1-3H3,(H,31,35)(H,30,32,33). The van der Waals surface area contributed by atoms with E-state index in [1.54, 1.807) is 11.8 Å². The van der Waals surface area contributed by atoms with Crippen molar-refractivity contribution in [1.82, 2.24) is 14.8 Å². The average molecular weight is 516 g/mol. The van der Waals surface area contributed by atoms with Crippen LogP contribution in [0, 0.1) is 13.8 Å². The predicted octanol–water partition coefficient (Wildman–Crippen LogP) is 6.77. The number of hydrogen-bond donors (Lipinski definition) is 2. The van der Waals surface area contributed by atoms with Gasteiger partial charge in [0.2, 0.25) is 11.1 Å². The SMILES string of the molecule is CC1=C(C(=O)Nc2ccc(C)cc2C)C(c2ccccc2)n2nc(SCc3ccc(Cl)cc3)nc2N1. The van der Waals surface area contributed by atoms with Crippen molar-refractivity contribution in [3.63, 3.8) is 0 Å². The van der Waals surface area contributed by atoms with E-state index in [0.29, 0.717) is 27.5 Å². The minimum absolute atomic E-state index is 0.169. The largest absolute Gasteiger partial charge is 0.328 e. The summed E-state index contributed by atoms with van der Waals surface area (Å²) in [5.74, 6) is 1.16. The fourth-order valence-corrected chi connectivity index (χ4v) is 5.21. The summed E-state index contributed by atoms with van der Waals surface area (Å²) in [6, 6.07) is 23.3. The van der Waals surface area contributed by atoms with Crippen molar-refractivity contribution >= 4 is 40.9 Å². The Bertz CT molecular complexity index is 1450. The third kappa shape index (κ3) is 5.03. The second kappa shape index (κ2) is 10.2. The van der Waals surface area contributed by atoms with Crippen LogP contribution in [0.4, 0.5) is 11.6 Å². The highest BCUT2D eigenvalue weighted by Crippen LogP contribution is 2.37. The first-order chi connectivity index (χ1) is 17.4. The summed E-state index contributed by atoms with van der Waals surface area (Å²) in [4.78, 5) is 18.4. The van der Waals surface area contributed by atoms with Gasteiger partial charge in [0.25, 0.3) is 5.91 Å². The number of benzene rings is 3. The van der Waals surface area contributed by atoms with Gasteiger partial charge in [-0.25, -0.2) is 4.68 Å². The topological polar surface area (TPSA) is 71.8 Å². The molecule has 1 aliphatic heterocycles. The number of nitrogens with zero attached hydrogens (tertiary/aromatic N) is 3. The molecule has 0 saturated carbocycles. The van der Waals surface area contributed by atoms with E-state index in [9.17, 15) is 4.79 Å². The summed E-state index contributed by atoms with van der Waals surface area (Å²) in [7, 11) is 0. The number of aryl methyl sites for hydroxylation is 2. The van der Waals surface area contributed by atoms with Crippen LogP contribution in [-0.2, 0) is 10.5 Å². The van der Waals surface area contributed by atoms with Gasteiger partial charge in [0.05, 0.1) is 5.57 Å². The summed E-state index contributed by atoms with van der Waals surface area (Å²) in [5, 5.41) is 12.6. The molecule has 3 aromatic carbocycles. The number of nitrogens with one attached hydrogen (secondary N) is 2. The van der Waals surface area contributed by atoms with Gasteiger partial charge in [0.15, 0.2) is 0 Å². The average Bonchev–Trinajstić information content (AvgIpc) is 3.27. The molecule has 8 heteroatoms.